The normalized spacial score (nSPS) is 21.1. The van der Waals surface area contributed by atoms with Crippen molar-refractivity contribution in [3.8, 4) is 0 Å². The maximum absolute atomic E-state index is 4.76. The maximum Gasteiger partial charge on any atom is 0.185 e. The zero-order valence-corrected chi connectivity index (χ0v) is 13.4. The Balaban J connectivity index is 1.99. The van der Waals surface area contributed by atoms with Crippen molar-refractivity contribution in [3.63, 3.8) is 0 Å². The first-order valence-corrected chi connectivity index (χ1v) is 8.05. The topological polar surface area (TPSA) is 31.4 Å². The van der Waals surface area contributed by atoms with Crippen LogP contribution in [0.5, 0.6) is 0 Å². The van der Waals surface area contributed by atoms with Gasteiger partial charge in [-0.15, -0.1) is 11.3 Å². The maximum atomic E-state index is 4.76. The minimum absolute atomic E-state index is 0.611. The second-order valence-electron chi connectivity index (χ2n) is 5.46. The van der Waals surface area contributed by atoms with Crippen molar-refractivity contribution in [3.05, 3.63) is 10.6 Å². The lowest BCUT2D eigenvalue weighted by atomic mass is 10.2. The van der Waals surface area contributed by atoms with Crippen molar-refractivity contribution < 1.29 is 0 Å². The second-order valence-corrected chi connectivity index (χ2v) is 6.52. The third-order valence-electron chi connectivity index (χ3n) is 3.82. The fourth-order valence-electron chi connectivity index (χ4n) is 2.31. The number of nitrogens with zero attached hydrogens (tertiary/aromatic N) is 3. The molecular weight excluding hydrogens is 256 g/mol. The lowest BCUT2D eigenvalue weighted by Crippen LogP contribution is -2.50. The molecule has 108 valence electrons. The molecule has 0 amide bonds. The highest BCUT2D eigenvalue weighted by Gasteiger charge is 2.23. The third kappa shape index (κ3) is 3.68. The zero-order chi connectivity index (χ0) is 13.8. The van der Waals surface area contributed by atoms with Gasteiger partial charge in [0.15, 0.2) is 5.13 Å². The van der Waals surface area contributed by atoms with Crippen LogP contribution in [0.2, 0.25) is 0 Å². The van der Waals surface area contributed by atoms with E-state index in [9.17, 15) is 0 Å². The number of hydrogen-bond donors (Lipinski definition) is 1. The number of anilines is 1. The number of nitrogens with one attached hydrogen (secondary N) is 1. The third-order valence-corrected chi connectivity index (χ3v) is 5.04. The Morgan fingerprint density at radius 1 is 1.42 bits per heavy atom. The average Bonchev–Trinajstić information content (AvgIpc) is 2.75. The van der Waals surface area contributed by atoms with Crippen molar-refractivity contribution >= 4 is 16.5 Å². The van der Waals surface area contributed by atoms with E-state index in [0.717, 1.165) is 32.7 Å². The number of piperazine rings is 1. The summed E-state index contributed by atoms with van der Waals surface area (Å²) in [5, 5.41) is 4.67. The summed E-state index contributed by atoms with van der Waals surface area (Å²) in [6.45, 7) is 12.0. The number of aromatic nitrogens is 1. The summed E-state index contributed by atoms with van der Waals surface area (Å²) in [5.41, 5.74) is 1.19. The van der Waals surface area contributed by atoms with E-state index in [1.807, 2.05) is 11.3 Å². The van der Waals surface area contributed by atoms with Crippen LogP contribution in [0.1, 0.15) is 30.8 Å². The van der Waals surface area contributed by atoms with Crippen LogP contribution >= 0.6 is 11.3 Å². The van der Waals surface area contributed by atoms with E-state index in [2.05, 4.69) is 42.9 Å². The molecular formula is C14H26N4S. The van der Waals surface area contributed by atoms with E-state index in [4.69, 9.17) is 4.98 Å². The van der Waals surface area contributed by atoms with Gasteiger partial charge in [0.25, 0.3) is 0 Å². The Labute approximate surface area is 120 Å². The van der Waals surface area contributed by atoms with Crippen LogP contribution in [0.15, 0.2) is 0 Å². The fourth-order valence-corrected chi connectivity index (χ4v) is 3.38. The van der Waals surface area contributed by atoms with Gasteiger partial charge in [-0.3, -0.25) is 0 Å². The molecule has 1 aliphatic heterocycles. The summed E-state index contributed by atoms with van der Waals surface area (Å²) in [5.74, 6) is 0. The number of likely N-dealkylation sites (N-methyl/N-ethyl adjacent to an activating group) is 1. The van der Waals surface area contributed by atoms with Crippen LogP contribution in [0.25, 0.3) is 0 Å². The zero-order valence-electron chi connectivity index (χ0n) is 12.6. The Morgan fingerprint density at radius 2 is 2.21 bits per heavy atom. The lowest BCUT2D eigenvalue weighted by molar-refractivity contribution is 0.234. The highest BCUT2D eigenvalue weighted by Crippen LogP contribution is 2.27. The molecule has 1 aliphatic rings. The molecule has 1 aromatic heterocycles. The molecule has 0 bridgehead atoms. The van der Waals surface area contributed by atoms with Gasteiger partial charge in [0.1, 0.15) is 0 Å². The molecule has 1 atom stereocenters. The summed E-state index contributed by atoms with van der Waals surface area (Å²) >= 11 is 1.85. The molecule has 1 fully saturated rings. The predicted octanol–water partition coefficient (Wildman–Crippen LogP) is 2.09. The van der Waals surface area contributed by atoms with Gasteiger partial charge in [-0.1, -0.05) is 6.92 Å². The molecule has 0 saturated carbocycles. The SMILES string of the molecule is CCCNCc1sc(N2CCN(C)C(C)C2)nc1C. The fraction of sp³-hybridized carbons (Fsp3) is 0.786. The largest absolute Gasteiger partial charge is 0.345 e. The molecule has 5 heteroatoms. The van der Waals surface area contributed by atoms with Crippen molar-refractivity contribution in [1.82, 2.24) is 15.2 Å². The van der Waals surface area contributed by atoms with Gasteiger partial charge in [-0.05, 0) is 33.9 Å². The van der Waals surface area contributed by atoms with Crippen LogP contribution in [-0.4, -0.2) is 49.2 Å². The predicted molar refractivity (Wildman–Crippen MR) is 83.2 cm³/mol. The minimum Gasteiger partial charge on any atom is -0.345 e. The van der Waals surface area contributed by atoms with Gasteiger partial charge in [0, 0.05) is 37.1 Å². The molecule has 1 saturated heterocycles. The van der Waals surface area contributed by atoms with Crippen LogP contribution < -0.4 is 10.2 Å². The summed E-state index contributed by atoms with van der Waals surface area (Å²) in [6.07, 6.45) is 1.18. The number of hydrogen-bond acceptors (Lipinski definition) is 5. The van der Waals surface area contributed by atoms with Crippen molar-refractivity contribution in [2.24, 2.45) is 0 Å². The molecule has 1 N–H and O–H groups in total. The molecule has 0 aromatic carbocycles. The van der Waals surface area contributed by atoms with E-state index in [1.54, 1.807) is 0 Å². The van der Waals surface area contributed by atoms with Gasteiger partial charge in [0.2, 0.25) is 0 Å². The number of thiazole rings is 1. The van der Waals surface area contributed by atoms with Crippen LogP contribution in [0.3, 0.4) is 0 Å². The Hall–Kier alpha value is -0.650. The van der Waals surface area contributed by atoms with Gasteiger partial charge in [-0.25, -0.2) is 4.98 Å². The van der Waals surface area contributed by atoms with Crippen LogP contribution in [0, 0.1) is 6.92 Å². The van der Waals surface area contributed by atoms with Gasteiger partial charge >= 0.3 is 0 Å². The molecule has 2 rings (SSSR count). The van der Waals surface area contributed by atoms with Gasteiger partial charge < -0.3 is 15.1 Å². The van der Waals surface area contributed by atoms with Crippen LogP contribution in [-0.2, 0) is 6.54 Å². The number of aryl methyl sites for hydroxylation is 1. The van der Waals surface area contributed by atoms with Crippen molar-refractivity contribution in [1.29, 1.82) is 0 Å². The Bertz CT molecular complexity index is 404. The monoisotopic (exact) mass is 282 g/mol. The summed E-state index contributed by atoms with van der Waals surface area (Å²) in [7, 11) is 2.20. The molecule has 4 nitrogen and oxygen atoms in total. The molecule has 1 aromatic rings. The van der Waals surface area contributed by atoms with E-state index >= 15 is 0 Å². The summed E-state index contributed by atoms with van der Waals surface area (Å²) < 4.78 is 0. The van der Waals surface area contributed by atoms with Crippen LogP contribution in [0.4, 0.5) is 5.13 Å². The smallest absolute Gasteiger partial charge is 0.185 e. The Morgan fingerprint density at radius 3 is 2.89 bits per heavy atom. The summed E-state index contributed by atoms with van der Waals surface area (Å²) in [4.78, 5) is 11.0. The molecule has 19 heavy (non-hydrogen) atoms. The Kier molecular flexibility index (Phi) is 5.19. The van der Waals surface area contributed by atoms with Gasteiger partial charge in [-0.2, -0.15) is 0 Å². The lowest BCUT2D eigenvalue weighted by Gasteiger charge is -2.37. The summed E-state index contributed by atoms with van der Waals surface area (Å²) in [6, 6.07) is 0.611. The van der Waals surface area contributed by atoms with E-state index in [0.29, 0.717) is 6.04 Å². The minimum atomic E-state index is 0.611. The molecule has 1 unspecified atom stereocenters. The van der Waals surface area contributed by atoms with Crippen molar-refractivity contribution in [2.45, 2.75) is 39.8 Å². The van der Waals surface area contributed by atoms with Crippen molar-refractivity contribution in [2.75, 3.05) is 38.1 Å². The quantitative estimate of drug-likeness (QED) is 0.838. The second kappa shape index (κ2) is 6.68. The van der Waals surface area contributed by atoms with E-state index < -0.39 is 0 Å². The molecule has 0 aliphatic carbocycles. The first-order chi connectivity index (χ1) is 9.11. The first kappa shape index (κ1) is 14.8. The molecule has 2 heterocycles. The first-order valence-electron chi connectivity index (χ1n) is 7.24. The van der Waals surface area contributed by atoms with E-state index in [-0.39, 0.29) is 0 Å². The average molecular weight is 282 g/mol. The molecule has 0 radical (unpaired) electrons. The highest BCUT2D eigenvalue weighted by atomic mass is 32.1. The molecule has 0 spiro atoms. The highest BCUT2D eigenvalue weighted by molar-refractivity contribution is 7.15. The number of rotatable bonds is 5. The van der Waals surface area contributed by atoms with E-state index in [1.165, 1.54) is 22.1 Å². The van der Waals surface area contributed by atoms with Gasteiger partial charge in [0.05, 0.1) is 5.69 Å². The standard InChI is InChI=1S/C14H26N4S/c1-5-6-15-9-13-12(3)16-14(19-13)18-8-7-17(4)11(2)10-18/h11,15H,5-10H2,1-4H3.